The lowest BCUT2D eigenvalue weighted by atomic mass is 9.83. The SMILES string of the molecule is CCN(CC)C(=O)C1CCC(=O)N(C)C1c1ccc(OC)cc1. The first kappa shape index (κ1) is 17.3. The molecule has 1 aliphatic rings. The van der Waals surface area contributed by atoms with Crippen LogP contribution in [-0.4, -0.2) is 48.9 Å². The number of methoxy groups -OCH3 is 1. The Labute approximate surface area is 138 Å². The lowest BCUT2D eigenvalue weighted by Gasteiger charge is -2.40. The second-order valence-corrected chi connectivity index (χ2v) is 5.88. The molecule has 1 saturated heterocycles. The molecule has 1 aromatic rings. The van der Waals surface area contributed by atoms with Gasteiger partial charge in [0.15, 0.2) is 0 Å². The minimum absolute atomic E-state index is 0.0921. The van der Waals surface area contributed by atoms with Gasteiger partial charge in [-0.3, -0.25) is 9.59 Å². The topological polar surface area (TPSA) is 49.9 Å². The van der Waals surface area contributed by atoms with Gasteiger partial charge in [-0.25, -0.2) is 0 Å². The number of amides is 2. The highest BCUT2D eigenvalue weighted by molar-refractivity contribution is 5.85. The number of benzene rings is 1. The van der Waals surface area contributed by atoms with Crippen molar-refractivity contribution < 1.29 is 14.3 Å². The number of carbonyl (C=O) groups is 2. The summed E-state index contributed by atoms with van der Waals surface area (Å²) in [5, 5.41) is 0. The Balaban J connectivity index is 2.34. The molecule has 0 spiro atoms. The first-order valence-electron chi connectivity index (χ1n) is 8.21. The van der Waals surface area contributed by atoms with Crippen LogP contribution in [0.3, 0.4) is 0 Å². The van der Waals surface area contributed by atoms with Crippen LogP contribution in [0.15, 0.2) is 24.3 Å². The summed E-state index contributed by atoms with van der Waals surface area (Å²) >= 11 is 0. The zero-order valence-corrected chi connectivity index (χ0v) is 14.4. The number of carbonyl (C=O) groups excluding carboxylic acids is 2. The number of ether oxygens (including phenoxy) is 1. The Morgan fingerprint density at radius 1 is 1.26 bits per heavy atom. The van der Waals surface area contributed by atoms with E-state index in [1.165, 1.54) is 0 Å². The highest BCUT2D eigenvalue weighted by Gasteiger charge is 2.40. The summed E-state index contributed by atoms with van der Waals surface area (Å²) in [4.78, 5) is 28.6. The zero-order valence-electron chi connectivity index (χ0n) is 14.4. The van der Waals surface area contributed by atoms with Gasteiger partial charge in [-0.2, -0.15) is 0 Å². The monoisotopic (exact) mass is 318 g/mol. The van der Waals surface area contributed by atoms with Crippen molar-refractivity contribution in [1.29, 1.82) is 0 Å². The number of hydrogen-bond acceptors (Lipinski definition) is 3. The van der Waals surface area contributed by atoms with Gasteiger partial charge in [0.25, 0.3) is 0 Å². The Kier molecular flexibility index (Phi) is 5.64. The molecule has 0 N–H and O–H groups in total. The van der Waals surface area contributed by atoms with Gasteiger partial charge in [0.1, 0.15) is 5.75 Å². The molecule has 5 heteroatoms. The van der Waals surface area contributed by atoms with Crippen molar-refractivity contribution in [2.45, 2.75) is 32.7 Å². The van der Waals surface area contributed by atoms with E-state index in [2.05, 4.69) is 0 Å². The van der Waals surface area contributed by atoms with Gasteiger partial charge >= 0.3 is 0 Å². The zero-order chi connectivity index (χ0) is 17.0. The van der Waals surface area contributed by atoms with E-state index in [0.29, 0.717) is 25.9 Å². The Morgan fingerprint density at radius 3 is 2.39 bits per heavy atom. The van der Waals surface area contributed by atoms with Crippen molar-refractivity contribution >= 4 is 11.8 Å². The summed E-state index contributed by atoms with van der Waals surface area (Å²) in [5.74, 6) is 0.806. The Hall–Kier alpha value is -2.04. The fourth-order valence-corrected chi connectivity index (χ4v) is 3.32. The van der Waals surface area contributed by atoms with Gasteiger partial charge in [-0.1, -0.05) is 12.1 Å². The maximum absolute atomic E-state index is 12.9. The summed E-state index contributed by atoms with van der Waals surface area (Å²) in [6, 6.07) is 7.43. The van der Waals surface area contributed by atoms with Gasteiger partial charge in [0.2, 0.25) is 11.8 Å². The highest BCUT2D eigenvalue weighted by Crippen LogP contribution is 2.37. The second-order valence-electron chi connectivity index (χ2n) is 5.88. The van der Waals surface area contributed by atoms with E-state index in [0.717, 1.165) is 11.3 Å². The van der Waals surface area contributed by atoms with Gasteiger partial charge in [0, 0.05) is 26.6 Å². The van der Waals surface area contributed by atoms with Crippen molar-refractivity contribution in [1.82, 2.24) is 9.80 Å². The molecule has 1 aliphatic heterocycles. The van der Waals surface area contributed by atoms with Crippen LogP contribution in [0, 0.1) is 5.92 Å². The van der Waals surface area contributed by atoms with E-state index in [1.807, 2.05) is 43.0 Å². The predicted octanol–water partition coefficient (Wildman–Crippen LogP) is 2.47. The van der Waals surface area contributed by atoms with E-state index in [4.69, 9.17) is 4.74 Å². The van der Waals surface area contributed by atoms with E-state index in [-0.39, 0.29) is 23.8 Å². The first-order valence-corrected chi connectivity index (χ1v) is 8.21. The third-order valence-corrected chi connectivity index (χ3v) is 4.71. The summed E-state index contributed by atoms with van der Waals surface area (Å²) in [5.41, 5.74) is 0.979. The molecule has 1 aromatic carbocycles. The molecule has 126 valence electrons. The smallest absolute Gasteiger partial charge is 0.228 e. The molecule has 0 radical (unpaired) electrons. The molecular weight excluding hydrogens is 292 g/mol. The number of likely N-dealkylation sites (tertiary alicyclic amines) is 1. The van der Waals surface area contributed by atoms with Crippen molar-refractivity contribution in [2.75, 3.05) is 27.2 Å². The van der Waals surface area contributed by atoms with Gasteiger partial charge in [-0.05, 0) is 38.0 Å². The number of rotatable bonds is 5. The van der Waals surface area contributed by atoms with Crippen LogP contribution in [0.1, 0.15) is 38.3 Å². The Bertz CT molecular complexity index is 552. The van der Waals surface area contributed by atoms with Crippen LogP contribution in [0.2, 0.25) is 0 Å². The second kappa shape index (κ2) is 7.49. The molecule has 2 unspecified atom stereocenters. The largest absolute Gasteiger partial charge is 0.497 e. The van der Waals surface area contributed by atoms with Crippen molar-refractivity contribution in [3.05, 3.63) is 29.8 Å². The van der Waals surface area contributed by atoms with Crippen LogP contribution in [0.5, 0.6) is 5.75 Å². The van der Waals surface area contributed by atoms with Gasteiger partial charge in [-0.15, -0.1) is 0 Å². The highest BCUT2D eigenvalue weighted by atomic mass is 16.5. The fourth-order valence-electron chi connectivity index (χ4n) is 3.32. The summed E-state index contributed by atoms with van der Waals surface area (Å²) in [7, 11) is 3.41. The van der Waals surface area contributed by atoms with E-state index in [1.54, 1.807) is 19.1 Å². The molecule has 0 aromatic heterocycles. The van der Waals surface area contributed by atoms with E-state index in [9.17, 15) is 9.59 Å². The standard InChI is InChI=1S/C18H26N2O3/c1-5-20(6-2)18(22)15-11-12-16(21)19(3)17(15)13-7-9-14(23-4)10-8-13/h7-10,15,17H,5-6,11-12H2,1-4H3. The van der Waals surface area contributed by atoms with Crippen LogP contribution in [0.4, 0.5) is 0 Å². The van der Waals surface area contributed by atoms with Crippen LogP contribution in [-0.2, 0) is 9.59 Å². The average Bonchev–Trinajstić information content (AvgIpc) is 2.58. The normalized spacial score (nSPS) is 21.2. The quantitative estimate of drug-likeness (QED) is 0.838. The molecule has 0 aliphatic carbocycles. The maximum Gasteiger partial charge on any atom is 0.228 e. The van der Waals surface area contributed by atoms with E-state index < -0.39 is 0 Å². The van der Waals surface area contributed by atoms with Crippen LogP contribution < -0.4 is 4.74 Å². The fraction of sp³-hybridized carbons (Fsp3) is 0.556. The molecule has 2 amide bonds. The van der Waals surface area contributed by atoms with Crippen LogP contribution >= 0.6 is 0 Å². The average molecular weight is 318 g/mol. The van der Waals surface area contributed by atoms with Gasteiger partial charge < -0.3 is 14.5 Å². The summed E-state index contributed by atoms with van der Waals surface area (Å²) in [6.45, 7) is 5.36. The molecule has 0 bridgehead atoms. The molecule has 2 rings (SSSR count). The molecule has 2 atom stereocenters. The van der Waals surface area contributed by atoms with Gasteiger partial charge in [0.05, 0.1) is 19.1 Å². The molecule has 1 heterocycles. The first-order chi connectivity index (χ1) is 11.0. The molecule has 5 nitrogen and oxygen atoms in total. The number of piperidine rings is 1. The summed E-state index contributed by atoms with van der Waals surface area (Å²) < 4.78 is 5.20. The molecular formula is C18H26N2O3. The molecule has 23 heavy (non-hydrogen) atoms. The number of nitrogens with zero attached hydrogens (tertiary/aromatic N) is 2. The van der Waals surface area contributed by atoms with Crippen LogP contribution in [0.25, 0.3) is 0 Å². The lowest BCUT2D eigenvalue weighted by molar-refractivity contribution is -0.146. The predicted molar refractivity (Wildman–Crippen MR) is 89.2 cm³/mol. The number of hydrogen-bond donors (Lipinski definition) is 0. The third kappa shape index (κ3) is 3.49. The van der Waals surface area contributed by atoms with Crippen molar-refractivity contribution in [2.24, 2.45) is 5.92 Å². The van der Waals surface area contributed by atoms with E-state index >= 15 is 0 Å². The lowest BCUT2D eigenvalue weighted by Crippen LogP contribution is -2.47. The molecule has 0 saturated carbocycles. The van der Waals surface area contributed by atoms with Crippen molar-refractivity contribution in [3.8, 4) is 5.75 Å². The van der Waals surface area contributed by atoms with Crippen molar-refractivity contribution in [3.63, 3.8) is 0 Å². The Morgan fingerprint density at radius 2 is 1.87 bits per heavy atom. The minimum atomic E-state index is -0.213. The third-order valence-electron chi connectivity index (χ3n) is 4.71. The minimum Gasteiger partial charge on any atom is -0.497 e. The molecule has 1 fully saturated rings. The maximum atomic E-state index is 12.9. The summed E-state index contributed by atoms with van der Waals surface area (Å²) in [6.07, 6.45) is 1.04.